The number of nitrogens with zero attached hydrogens (tertiary/aromatic N) is 2. The second kappa shape index (κ2) is 5.49. The van der Waals surface area contributed by atoms with E-state index < -0.39 is 0 Å². The van der Waals surface area contributed by atoms with E-state index in [4.69, 9.17) is 11.5 Å². The smallest absolute Gasteiger partial charge is 0.191 e. The predicted molar refractivity (Wildman–Crippen MR) is 61.0 cm³/mol. The Hall–Kier alpha value is -1.23. The van der Waals surface area contributed by atoms with Crippen molar-refractivity contribution in [2.75, 3.05) is 17.2 Å². The van der Waals surface area contributed by atoms with Crippen molar-refractivity contribution in [1.29, 1.82) is 0 Å². The number of nitrogen functional groups attached to an aromatic ring is 2. The summed E-state index contributed by atoms with van der Waals surface area (Å²) in [5, 5.41) is 0.645. The molecule has 14 heavy (non-hydrogen) atoms. The minimum Gasteiger partial charge on any atom is -0.383 e. The SMILES string of the molecule is C=CCCCSc1nc(N)cc(N)n1. The molecule has 0 spiro atoms. The lowest BCUT2D eigenvalue weighted by atomic mass is 10.3. The van der Waals surface area contributed by atoms with Gasteiger partial charge in [0.25, 0.3) is 0 Å². The lowest BCUT2D eigenvalue weighted by molar-refractivity contribution is 0.949. The standard InChI is InChI=1S/C9H14N4S/c1-2-3-4-5-14-9-12-7(10)6-8(11)13-9/h2,6H,1,3-5H2,(H4,10,11,12,13). The van der Waals surface area contributed by atoms with Crippen LogP contribution in [0.3, 0.4) is 0 Å². The van der Waals surface area contributed by atoms with Gasteiger partial charge in [-0.3, -0.25) is 0 Å². The highest BCUT2D eigenvalue weighted by Gasteiger charge is 2.00. The Kier molecular flexibility index (Phi) is 4.25. The maximum Gasteiger partial charge on any atom is 0.191 e. The van der Waals surface area contributed by atoms with Crippen molar-refractivity contribution in [1.82, 2.24) is 9.97 Å². The topological polar surface area (TPSA) is 77.8 Å². The van der Waals surface area contributed by atoms with Gasteiger partial charge in [-0.2, -0.15) is 0 Å². The van der Waals surface area contributed by atoms with Gasteiger partial charge in [0.2, 0.25) is 0 Å². The third-order valence-corrected chi connectivity index (χ3v) is 2.46. The van der Waals surface area contributed by atoms with Crippen molar-refractivity contribution in [3.63, 3.8) is 0 Å². The number of hydrogen-bond acceptors (Lipinski definition) is 5. The molecule has 0 aromatic carbocycles. The van der Waals surface area contributed by atoms with Crippen LogP contribution in [0.25, 0.3) is 0 Å². The van der Waals surface area contributed by atoms with Gasteiger partial charge >= 0.3 is 0 Å². The van der Waals surface area contributed by atoms with Crippen LogP contribution in [0.1, 0.15) is 12.8 Å². The number of allylic oxidation sites excluding steroid dienone is 1. The fraction of sp³-hybridized carbons (Fsp3) is 0.333. The molecule has 1 aromatic heterocycles. The molecule has 0 aliphatic carbocycles. The van der Waals surface area contributed by atoms with E-state index in [1.165, 1.54) is 0 Å². The molecule has 0 aliphatic rings. The molecule has 1 rings (SSSR count). The summed E-state index contributed by atoms with van der Waals surface area (Å²) in [5.41, 5.74) is 11.1. The van der Waals surface area contributed by atoms with E-state index in [1.54, 1.807) is 17.8 Å². The zero-order valence-electron chi connectivity index (χ0n) is 7.94. The molecule has 4 nitrogen and oxygen atoms in total. The molecule has 0 bridgehead atoms. The maximum atomic E-state index is 5.53. The third-order valence-electron chi connectivity index (χ3n) is 1.53. The molecule has 0 unspecified atom stereocenters. The molecule has 0 atom stereocenters. The van der Waals surface area contributed by atoms with Crippen molar-refractivity contribution >= 4 is 23.4 Å². The summed E-state index contributed by atoms with van der Waals surface area (Å²) >= 11 is 1.56. The number of thioether (sulfide) groups is 1. The summed E-state index contributed by atoms with van der Waals surface area (Å²) in [5.74, 6) is 1.79. The van der Waals surface area contributed by atoms with Crippen LogP contribution in [-0.2, 0) is 0 Å². The highest BCUT2D eigenvalue weighted by atomic mass is 32.2. The molecular weight excluding hydrogens is 196 g/mol. The molecule has 1 heterocycles. The number of hydrogen-bond donors (Lipinski definition) is 2. The first-order valence-corrected chi connectivity index (χ1v) is 5.34. The van der Waals surface area contributed by atoms with Gasteiger partial charge in [0, 0.05) is 11.8 Å². The molecule has 0 aliphatic heterocycles. The van der Waals surface area contributed by atoms with E-state index >= 15 is 0 Å². The number of nitrogens with two attached hydrogens (primary N) is 2. The second-order valence-corrected chi connectivity index (χ2v) is 3.84. The monoisotopic (exact) mass is 210 g/mol. The Morgan fingerprint density at radius 2 is 2.00 bits per heavy atom. The molecule has 76 valence electrons. The van der Waals surface area contributed by atoms with E-state index in [0.717, 1.165) is 18.6 Å². The molecule has 5 heteroatoms. The van der Waals surface area contributed by atoms with Crippen LogP contribution in [0.5, 0.6) is 0 Å². The predicted octanol–water partition coefficient (Wildman–Crippen LogP) is 1.70. The minimum atomic E-state index is 0.420. The van der Waals surface area contributed by atoms with Crippen LogP contribution in [0.4, 0.5) is 11.6 Å². The van der Waals surface area contributed by atoms with Crippen LogP contribution in [0, 0.1) is 0 Å². The number of unbranched alkanes of at least 4 members (excludes halogenated alkanes) is 1. The Balaban J connectivity index is 2.46. The van der Waals surface area contributed by atoms with Gasteiger partial charge in [0.05, 0.1) is 0 Å². The molecule has 0 saturated carbocycles. The molecule has 1 aromatic rings. The fourth-order valence-electron chi connectivity index (χ4n) is 0.918. The fourth-order valence-corrected chi connectivity index (χ4v) is 1.75. The summed E-state index contributed by atoms with van der Waals surface area (Å²) in [6, 6.07) is 1.55. The first kappa shape index (κ1) is 10.8. The quantitative estimate of drug-likeness (QED) is 0.335. The van der Waals surface area contributed by atoms with E-state index in [0.29, 0.717) is 16.8 Å². The molecule has 4 N–H and O–H groups in total. The van der Waals surface area contributed by atoms with Gasteiger partial charge in [-0.05, 0) is 12.8 Å². The maximum absolute atomic E-state index is 5.53. The molecule has 0 radical (unpaired) electrons. The van der Waals surface area contributed by atoms with Crippen LogP contribution < -0.4 is 11.5 Å². The van der Waals surface area contributed by atoms with E-state index in [-0.39, 0.29) is 0 Å². The van der Waals surface area contributed by atoms with Crippen LogP contribution >= 0.6 is 11.8 Å². The number of rotatable bonds is 5. The van der Waals surface area contributed by atoms with E-state index in [2.05, 4.69) is 16.5 Å². The minimum absolute atomic E-state index is 0.420. The Labute approximate surface area is 87.8 Å². The highest BCUT2D eigenvalue weighted by Crippen LogP contribution is 2.17. The summed E-state index contributed by atoms with van der Waals surface area (Å²) in [6.45, 7) is 3.65. The largest absolute Gasteiger partial charge is 0.383 e. The Bertz CT molecular complexity index is 293. The lowest BCUT2D eigenvalue weighted by Gasteiger charge is -2.01. The van der Waals surface area contributed by atoms with Gasteiger partial charge in [0.1, 0.15) is 11.6 Å². The zero-order chi connectivity index (χ0) is 10.4. The Morgan fingerprint density at radius 1 is 1.36 bits per heavy atom. The normalized spacial score (nSPS) is 10.0. The average molecular weight is 210 g/mol. The number of anilines is 2. The number of aromatic nitrogens is 2. The first-order valence-electron chi connectivity index (χ1n) is 4.36. The van der Waals surface area contributed by atoms with E-state index in [1.807, 2.05) is 6.08 Å². The van der Waals surface area contributed by atoms with Gasteiger partial charge in [0.15, 0.2) is 5.16 Å². The van der Waals surface area contributed by atoms with Crippen LogP contribution in [0.15, 0.2) is 23.9 Å². The van der Waals surface area contributed by atoms with Crippen LogP contribution in [0.2, 0.25) is 0 Å². The van der Waals surface area contributed by atoms with Gasteiger partial charge in [-0.15, -0.1) is 6.58 Å². The molecule has 0 saturated heterocycles. The summed E-state index contributed by atoms with van der Waals surface area (Å²) in [4.78, 5) is 8.11. The molecule has 0 amide bonds. The van der Waals surface area contributed by atoms with E-state index in [9.17, 15) is 0 Å². The third kappa shape index (κ3) is 3.66. The Morgan fingerprint density at radius 3 is 2.57 bits per heavy atom. The van der Waals surface area contributed by atoms with Crippen molar-refractivity contribution in [2.24, 2.45) is 0 Å². The molecular formula is C9H14N4S. The highest BCUT2D eigenvalue weighted by molar-refractivity contribution is 7.99. The van der Waals surface area contributed by atoms with Crippen molar-refractivity contribution in [3.05, 3.63) is 18.7 Å². The second-order valence-electron chi connectivity index (χ2n) is 2.78. The van der Waals surface area contributed by atoms with Crippen LogP contribution in [-0.4, -0.2) is 15.7 Å². The van der Waals surface area contributed by atoms with Crippen molar-refractivity contribution < 1.29 is 0 Å². The van der Waals surface area contributed by atoms with Crippen molar-refractivity contribution in [2.45, 2.75) is 18.0 Å². The summed E-state index contributed by atoms with van der Waals surface area (Å²) in [6.07, 6.45) is 3.96. The molecule has 0 fully saturated rings. The van der Waals surface area contributed by atoms with Crippen molar-refractivity contribution in [3.8, 4) is 0 Å². The summed E-state index contributed by atoms with van der Waals surface area (Å²) < 4.78 is 0. The van der Waals surface area contributed by atoms with Gasteiger partial charge < -0.3 is 11.5 Å². The lowest BCUT2D eigenvalue weighted by Crippen LogP contribution is -1.99. The average Bonchev–Trinajstić information content (AvgIpc) is 2.11. The zero-order valence-corrected chi connectivity index (χ0v) is 8.76. The van der Waals surface area contributed by atoms with Gasteiger partial charge in [-0.1, -0.05) is 17.8 Å². The van der Waals surface area contributed by atoms with Gasteiger partial charge in [-0.25, -0.2) is 9.97 Å². The first-order chi connectivity index (χ1) is 6.72. The summed E-state index contributed by atoms with van der Waals surface area (Å²) in [7, 11) is 0.